The molecule has 1 atom stereocenters. The minimum absolute atomic E-state index is 0.313. The van der Waals surface area contributed by atoms with E-state index in [0.717, 1.165) is 6.54 Å². The monoisotopic (exact) mass is 244 g/mol. The van der Waals surface area contributed by atoms with Gasteiger partial charge in [-0.05, 0) is 56.8 Å². The van der Waals surface area contributed by atoms with E-state index < -0.39 is 0 Å². The van der Waals surface area contributed by atoms with Gasteiger partial charge in [0.15, 0.2) is 0 Å². The molecule has 0 saturated heterocycles. The van der Waals surface area contributed by atoms with Crippen molar-refractivity contribution in [1.29, 1.82) is 0 Å². The predicted octanol–water partition coefficient (Wildman–Crippen LogP) is 3.93. The molecule has 2 nitrogen and oxygen atoms in total. The average Bonchev–Trinajstić information content (AvgIpc) is 2.64. The summed E-state index contributed by atoms with van der Waals surface area (Å²) in [4.78, 5) is 4.56. The second-order valence-electron chi connectivity index (χ2n) is 5.13. The Balaban J connectivity index is 2.24. The predicted molar refractivity (Wildman–Crippen MR) is 76.6 cm³/mol. The van der Waals surface area contributed by atoms with Gasteiger partial charge in [-0.3, -0.25) is 4.98 Å². The molecule has 1 unspecified atom stereocenters. The maximum Gasteiger partial charge on any atom is 0.0710 e. The van der Waals surface area contributed by atoms with Crippen LogP contribution in [0.5, 0.6) is 0 Å². The van der Waals surface area contributed by atoms with Crippen LogP contribution in [0.3, 0.4) is 0 Å². The third-order valence-corrected chi connectivity index (χ3v) is 3.59. The van der Waals surface area contributed by atoms with Crippen LogP contribution in [0.15, 0.2) is 30.0 Å². The molecule has 0 radical (unpaired) electrons. The molecule has 0 saturated carbocycles. The fourth-order valence-corrected chi connectivity index (χ4v) is 2.65. The van der Waals surface area contributed by atoms with Crippen LogP contribution in [0.25, 0.3) is 0 Å². The first-order valence-corrected chi connectivity index (χ1v) is 7.16. The summed E-state index contributed by atoms with van der Waals surface area (Å²) in [6.45, 7) is 5.29. The molecule has 18 heavy (non-hydrogen) atoms. The van der Waals surface area contributed by atoms with Crippen LogP contribution in [0.4, 0.5) is 0 Å². The van der Waals surface area contributed by atoms with Crippen molar-refractivity contribution in [3.8, 4) is 0 Å². The molecule has 0 amide bonds. The smallest absolute Gasteiger partial charge is 0.0710 e. The summed E-state index contributed by atoms with van der Waals surface area (Å²) in [5, 5.41) is 3.59. The van der Waals surface area contributed by atoms with Gasteiger partial charge in [0, 0.05) is 6.20 Å². The normalized spacial score (nSPS) is 18.0. The standard InChI is InChI=1S/C16H24N2/c1-3-17-16(14-8-6-4-5-7-9-14)15-12-13(2)10-11-18-15/h8,10-12,16-17H,3-7,9H2,1-2H3. The largest absolute Gasteiger partial charge is 0.306 e. The molecule has 0 fully saturated rings. The van der Waals surface area contributed by atoms with Gasteiger partial charge in [0.25, 0.3) is 0 Å². The Labute approximate surface area is 111 Å². The number of pyridine rings is 1. The van der Waals surface area contributed by atoms with E-state index in [1.807, 2.05) is 6.20 Å². The molecule has 2 rings (SSSR count). The lowest BCUT2D eigenvalue weighted by atomic mass is 9.98. The second kappa shape index (κ2) is 6.69. The van der Waals surface area contributed by atoms with Crippen molar-refractivity contribution >= 4 is 0 Å². The molecule has 1 aromatic heterocycles. The lowest BCUT2D eigenvalue weighted by Crippen LogP contribution is -2.23. The molecule has 0 aromatic carbocycles. The minimum Gasteiger partial charge on any atom is -0.306 e. The van der Waals surface area contributed by atoms with Crippen LogP contribution in [-0.4, -0.2) is 11.5 Å². The molecular weight excluding hydrogens is 220 g/mol. The number of hydrogen-bond acceptors (Lipinski definition) is 2. The van der Waals surface area contributed by atoms with Crippen LogP contribution in [0.1, 0.15) is 56.3 Å². The van der Waals surface area contributed by atoms with Gasteiger partial charge in [-0.1, -0.05) is 25.0 Å². The zero-order chi connectivity index (χ0) is 12.8. The Morgan fingerprint density at radius 3 is 3.00 bits per heavy atom. The average molecular weight is 244 g/mol. The van der Waals surface area contributed by atoms with Crippen LogP contribution in [0, 0.1) is 6.92 Å². The van der Waals surface area contributed by atoms with Gasteiger partial charge in [0.05, 0.1) is 11.7 Å². The van der Waals surface area contributed by atoms with E-state index >= 15 is 0 Å². The summed E-state index contributed by atoms with van der Waals surface area (Å²) in [5.74, 6) is 0. The van der Waals surface area contributed by atoms with E-state index in [4.69, 9.17) is 0 Å². The second-order valence-corrected chi connectivity index (χ2v) is 5.13. The first kappa shape index (κ1) is 13.3. The Morgan fingerprint density at radius 1 is 1.33 bits per heavy atom. The van der Waals surface area contributed by atoms with Crippen molar-refractivity contribution in [2.75, 3.05) is 6.54 Å². The number of hydrogen-bond donors (Lipinski definition) is 1. The van der Waals surface area contributed by atoms with Crippen LogP contribution < -0.4 is 5.32 Å². The van der Waals surface area contributed by atoms with Crippen molar-refractivity contribution < 1.29 is 0 Å². The van der Waals surface area contributed by atoms with Gasteiger partial charge >= 0.3 is 0 Å². The third kappa shape index (κ3) is 3.42. The zero-order valence-electron chi connectivity index (χ0n) is 11.6. The van der Waals surface area contributed by atoms with E-state index in [2.05, 4.69) is 42.4 Å². The number of nitrogens with zero attached hydrogens (tertiary/aromatic N) is 1. The molecule has 0 bridgehead atoms. The Kier molecular flexibility index (Phi) is 4.94. The van der Waals surface area contributed by atoms with Crippen LogP contribution in [-0.2, 0) is 0 Å². The molecule has 1 aliphatic rings. The fraction of sp³-hybridized carbons (Fsp3) is 0.562. The number of likely N-dealkylation sites (N-methyl/N-ethyl adjacent to an activating group) is 1. The maximum atomic E-state index is 4.56. The lowest BCUT2D eigenvalue weighted by molar-refractivity contribution is 0.577. The highest BCUT2D eigenvalue weighted by Gasteiger charge is 2.17. The van der Waals surface area contributed by atoms with Crippen molar-refractivity contribution in [2.24, 2.45) is 0 Å². The summed E-state index contributed by atoms with van der Waals surface area (Å²) < 4.78 is 0. The number of rotatable bonds is 4. The van der Waals surface area contributed by atoms with E-state index in [1.54, 1.807) is 0 Å². The van der Waals surface area contributed by atoms with Crippen LogP contribution in [0.2, 0.25) is 0 Å². The van der Waals surface area contributed by atoms with E-state index in [-0.39, 0.29) is 0 Å². The maximum absolute atomic E-state index is 4.56. The third-order valence-electron chi connectivity index (χ3n) is 3.59. The molecule has 1 aromatic rings. The lowest BCUT2D eigenvalue weighted by Gasteiger charge is -2.21. The molecule has 2 heteroatoms. The van der Waals surface area contributed by atoms with Gasteiger partial charge in [0.2, 0.25) is 0 Å². The molecule has 1 aliphatic carbocycles. The summed E-state index contributed by atoms with van der Waals surface area (Å²) in [5.41, 5.74) is 3.99. The summed E-state index contributed by atoms with van der Waals surface area (Å²) in [6.07, 6.45) is 10.8. The molecule has 0 spiro atoms. The molecule has 1 N–H and O–H groups in total. The van der Waals surface area contributed by atoms with Gasteiger partial charge in [-0.2, -0.15) is 0 Å². The van der Waals surface area contributed by atoms with Crippen molar-refractivity contribution in [3.05, 3.63) is 41.2 Å². The highest BCUT2D eigenvalue weighted by Crippen LogP contribution is 2.28. The molecule has 1 heterocycles. The summed E-state index contributed by atoms with van der Waals surface area (Å²) >= 11 is 0. The van der Waals surface area contributed by atoms with Gasteiger partial charge in [-0.15, -0.1) is 0 Å². The zero-order valence-corrected chi connectivity index (χ0v) is 11.6. The van der Waals surface area contributed by atoms with E-state index in [1.165, 1.54) is 48.9 Å². The Morgan fingerprint density at radius 2 is 2.22 bits per heavy atom. The highest BCUT2D eigenvalue weighted by molar-refractivity contribution is 5.26. The van der Waals surface area contributed by atoms with E-state index in [0.29, 0.717) is 6.04 Å². The number of nitrogens with one attached hydrogen (secondary N) is 1. The van der Waals surface area contributed by atoms with Crippen molar-refractivity contribution in [1.82, 2.24) is 10.3 Å². The van der Waals surface area contributed by atoms with Crippen molar-refractivity contribution in [2.45, 2.75) is 52.0 Å². The minimum atomic E-state index is 0.313. The summed E-state index contributed by atoms with van der Waals surface area (Å²) in [6, 6.07) is 4.58. The number of aryl methyl sites for hydroxylation is 1. The molecular formula is C16H24N2. The quantitative estimate of drug-likeness (QED) is 0.812. The highest BCUT2D eigenvalue weighted by atomic mass is 14.9. The number of allylic oxidation sites excluding steroid dienone is 1. The van der Waals surface area contributed by atoms with Crippen LogP contribution >= 0.6 is 0 Å². The number of aromatic nitrogens is 1. The van der Waals surface area contributed by atoms with Gasteiger partial charge in [0.1, 0.15) is 0 Å². The van der Waals surface area contributed by atoms with E-state index in [9.17, 15) is 0 Å². The fourth-order valence-electron chi connectivity index (χ4n) is 2.65. The topological polar surface area (TPSA) is 24.9 Å². The summed E-state index contributed by atoms with van der Waals surface area (Å²) in [7, 11) is 0. The molecule has 98 valence electrons. The first-order chi connectivity index (χ1) is 8.81. The molecule has 0 aliphatic heterocycles. The van der Waals surface area contributed by atoms with Gasteiger partial charge < -0.3 is 5.32 Å². The Bertz CT molecular complexity index is 409. The Hall–Kier alpha value is -1.15. The first-order valence-electron chi connectivity index (χ1n) is 7.16. The van der Waals surface area contributed by atoms with Crippen molar-refractivity contribution in [3.63, 3.8) is 0 Å². The van der Waals surface area contributed by atoms with Gasteiger partial charge in [-0.25, -0.2) is 0 Å². The SMILES string of the molecule is CCNC(C1=CCCCCC1)c1cc(C)ccn1.